The maximum atomic E-state index is 11.8. The maximum absolute atomic E-state index is 11.8. The van der Waals surface area contributed by atoms with Gasteiger partial charge < -0.3 is 9.67 Å². The van der Waals surface area contributed by atoms with Crippen LogP contribution >= 0.6 is 0 Å². The molecule has 3 aromatic rings. The van der Waals surface area contributed by atoms with Gasteiger partial charge >= 0.3 is 0 Å². The molecule has 1 atom stereocenters. The van der Waals surface area contributed by atoms with Crippen LogP contribution in [0.1, 0.15) is 43.3 Å². The molecule has 0 aliphatic heterocycles. The lowest BCUT2D eigenvalue weighted by atomic mass is 9.82. The number of benzene rings is 2. The zero-order chi connectivity index (χ0) is 18.1. The fourth-order valence-corrected chi connectivity index (χ4v) is 3.06. The summed E-state index contributed by atoms with van der Waals surface area (Å²) in [6, 6.07) is 17.7. The summed E-state index contributed by atoms with van der Waals surface area (Å²) in [5, 5.41) is 11.8. The molecule has 0 saturated heterocycles. The highest BCUT2D eigenvalue weighted by Gasteiger charge is 2.37. The Morgan fingerprint density at radius 1 is 0.920 bits per heavy atom. The van der Waals surface area contributed by atoms with Crippen molar-refractivity contribution in [3.8, 4) is 0 Å². The number of aromatic nitrogens is 2. The van der Waals surface area contributed by atoms with Crippen molar-refractivity contribution >= 4 is 6.20 Å². The molecule has 0 aliphatic rings. The fraction of sp³-hybridized carbons (Fsp3) is 0.227. The van der Waals surface area contributed by atoms with Gasteiger partial charge in [0.15, 0.2) is 11.4 Å². The smallest absolute Gasteiger partial charge is 0.173 e. The summed E-state index contributed by atoms with van der Waals surface area (Å²) in [5.41, 5.74) is 1.48. The van der Waals surface area contributed by atoms with Gasteiger partial charge in [-0.15, -0.1) is 0 Å². The minimum absolute atomic E-state index is 0.0585. The Kier molecular flexibility index (Phi) is 4.36. The monoisotopic (exact) mass is 332 g/mol. The van der Waals surface area contributed by atoms with E-state index < -0.39 is 5.60 Å². The Hall–Kier alpha value is -2.65. The highest BCUT2D eigenvalue weighted by Crippen LogP contribution is 2.36. The number of imidazole rings is 1. The number of rotatable bonds is 4. The normalized spacial score (nSPS) is 14.1. The Bertz CT molecular complexity index is 857. The van der Waals surface area contributed by atoms with Crippen molar-refractivity contribution in [2.45, 2.75) is 31.8 Å². The van der Waals surface area contributed by atoms with Gasteiger partial charge in [0.05, 0.1) is 0 Å². The van der Waals surface area contributed by atoms with Crippen molar-refractivity contribution in [3.63, 3.8) is 0 Å². The second kappa shape index (κ2) is 6.34. The van der Waals surface area contributed by atoms with Crippen LogP contribution in [0.15, 0.2) is 73.6 Å². The number of aliphatic hydroxyl groups is 1. The average molecular weight is 332 g/mol. The van der Waals surface area contributed by atoms with Crippen molar-refractivity contribution in [2.75, 3.05) is 0 Å². The average Bonchev–Trinajstić information content (AvgIpc) is 3.10. The molecule has 1 heterocycles. The highest BCUT2D eigenvalue weighted by molar-refractivity contribution is 5.45. The molecule has 0 fully saturated rings. The summed E-state index contributed by atoms with van der Waals surface area (Å²) < 4.78 is 1.75. The third-order valence-electron chi connectivity index (χ3n) is 4.55. The van der Waals surface area contributed by atoms with Crippen LogP contribution in [0.4, 0.5) is 0 Å². The second-order valence-electron chi connectivity index (χ2n) is 7.24. The Morgan fingerprint density at radius 3 is 2.04 bits per heavy atom. The molecule has 0 amide bonds. The molecule has 0 spiro atoms. The van der Waals surface area contributed by atoms with E-state index in [2.05, 4.69) is 44.5 Å². The van der Waals surface area contributed by atoms with Crippen LogP contribution in [0.5, 0.6) is 0 Å². The largest absolute Gasteiger partial charge is 0.373 e. The van der Waals surface area contributed by atoms with E-state index in [9.17, 15) is 5.11 Å². The predicted molar refractivity (Wildman–Crippen MR) is 102 cm³/mol. The fourth-order valence-electron chi connectivity index (χ4n) is 3.06. The van der Waals surface area contributed by atoms with Gasteiger partial charge in [-0.1, -0.05) is 81.9 Å². The third-order valence-corrected chi connectivity index (χ3v) is 4.55. The van der Waals surface area contributed by atoms with E-state index in [4.69, 9.17) is 0 Å². The molecule has 1 aromatic heterocycles. The van der Waals surface area contributed by atoms with Crippen molar-refractivity contribution < 1.29 is 5.11 Å². The van der Waals surface area contributed by atoms with Gasteiger partial charge in [-0.05, 0) is 22.1 Å². The Balaban J connectivity index is 2.21. The molecular weight excluding hydrogens is 308 g/mol. The first-order chi connectivity index (χ1) is 11.9. The van der Waals surface area contributed by atoms with Crippen molar-refractivity contribution in [1.29, 1.82) is 0 Å². The van der Waals surface area contributed by atoms with Crippen LogP contribution in [-0.2, 0) is 11.0 Å². The van der Waals surface area contributed by atoms with Gasteiger partial charge in [0, 0.05) is 18.6 Å². The lowest BCUT2D eigenvalue weighted by Crippen LogP contribution is -2.32. The first-order valence-electron chi connectivity index (χ1n) is 8.42. The van der Waals surface area contributed by atoms with Crippen molar-refractivity contribution in [1.82, 2.24) is 9.55 Å². The van der Waals surface area contributed by atoms with Crippen LogP contribution in [0.3, 0.4) is 0 Å². The van der Waals surface area contributed by atoms with Gasteiger partial charge in [-0.3, -0.25) is 0 Å². The highest BCUT2D eigenvalue weighted by atomic mass is 16.3. The van der Waals surface area contributed by atoms with Gasteiger partial charge in [0.2, 0.25) is 0 Å². The zero-order valence-corrected chi connectivity index (χ0v) is 15.0. The molecule has 0 saturated carbocycles. The van der Waals surface area contributed by atoms with Gasteiger partial charge in [0.1, 0.15) is 0 Å². The van der Waals surface area contributed by atoms with Gasteiger partial charge in [-0.2, -0.15) is 0 Å². The van der Waals surface area contributed by atoms with Crippen molar-refractivity contribution in [2.24, 2.45) is 0 Å². The first-order valence-corrected chi connectivity index (χ1v) is 8.42. The third kappa shape index (κ3) is 3.03. The van der Waals surface area contributed by atoms with E-state index in [1.165, 1.54) is 5.56 Å². The summed E-state index contributed by atoms with van der Waals surface area (Å²) in [4.78, 5) is 4.42. The van der Waals surface area contributed by atoms with E-state index in [-0.39, 0.29) is 5.41 Å². The maximum Gasteiger partial charge on any atom is 0.173 e. The molecule has 0 aliphatic carbocycles. The molecule has 2 aromatic carbocycles. The Labute approximate surface area is 149 Å². The van der Waals surface area contributed by atoms with Gasteiger partial charge in [0.25, 0.3) is 0 Å². The van der Waals surface area contributed by atoms with E-state index in [1.54, 1.807) is 23.2 Å². The topological polar surface area (TPSA) is 38.0 Å². The van der Waals surface area contributed by atoms with E-state index in [0.717, 1.165) is 11.1 Å². The van der Waals surface area contributed by atoms with E-state index in [1.807, 2.05) is 42.5 Å². The molecule has 3 rings (SSSR count). The first kappa shape index (κ1) is 17.2. The number of nitrogens with zero attached hydrogens (tertiary/aromatic N) is 2. The quantitative estimate of drug-likeness (QED) is 0.760. The number of hydrogen-bond acceptors (Lipinski definition) is 2. The lowest BCUT2D eigenvalue weighted by Gasteiger charge is -2.30. The SMILES string of the molecule is C=Cn1ccnc1C(O)(c1ccccc1)c1ccc(C(C)(C)C)cc1. The summed E-state index contributed by atoms with van der Waals surface area (Å²) in [6.45, 7) is 10.4. The lowest BCUT2D eigenvalue weighted by molar-refractivity contribution is 0.114. The molecule has 3 nitrogen and oxygen atoms in total. The molecule has 25 heavy (non-hydrogen) atoms. The summed E-state index contributed by atoms with van der Waals surface area (Å²) in [6.07, 6.45) is 5.12. The van der Waals surface area contributed by atoms with Crippen LogP contribution in [0, 0.1) is 0 Å². The molecule has 3 heteroatoms. The predicted octanol–water partition coefficient (Wildman–Crippen LogP) is 4.57. The standard InChI is InChI=1S/C22H24N2O/c1-5-24-16-15-23-20(24)22(25,18-9-7-6-8-10-18)19-13-11-17(12-14-19)21(2,3)4/h5-16,25H,1H2,2-4H3. The summed E-state index contributed by atoms with van der Waals surface area (Å²) >= 11 is 0. The minimum Gasteiger partial charge on any atom is -0.373 e. The zero-order valence-electron chi connectivity index (χ0n) is 15.0. The molecule has 1 N–H and O–H groups in total. The molecule has 0 radical (unpaired) electrons. The molecule has 1 unspecified atom stereocenters. The summed E-state index contributed by atoms with van der Waals surface area (Å²) in [5.74, 6) is 0.525. The number of hydrogen-bond donors (Lipinski definition) is 1. The van der Waals surface area contributed by atoms with E-state index >= 15 is 0 Å². The van der Waals surface area contributed by atoms with Crippen molar-refractivity contribution in [3.05, 3.63) is 96.1 Å². The van der Waals surface area contributed by atoms with Crippen LogP contribution in [0.25, 0.3) is 6.20 Å². The molecule has 128 valence electrons. The minimum atomic E-state index is -1.35. The van der Waals surface area contributed by atoms with Crippen LogP contribution in [0.2, 0.25) is 0 Å². The van der Waals surface area contributed by atoms with E-state index in [0.29, 0.717) is 5.82 Å². The van der Waals surface area contributed by atoms with Crippen LogP contribution in [-0.4, -0.2) is 14.7 Å². The van der Waals surface area contributed by atoms with Crippen LogP contribution < -0.4 is 0 Å². The van der Waals surface area contributed by atoms with Gasteiger partial charge in [-0.25, -0.2) is 4.98 Å². The second-order valence-corrected chi connectivity index (χ2v) is 7.24. The summed E-state index contributed by atoms with van der Waals surface area (Å²) in [7, 11) is 0. The molecule has 0 bridgehead atoms. The Morgan fingerprint density at radius 2 is 1.48 bits per heavy atom. The molecular formula is C22H24N2O.